The Bertz CT molecular complexity index is 944. The molecule has 3 aromatic rings. The van der Waals surface area contributed by atoms with Crippen molar-refractivity contribution in [1.29, 1.82) is 0 Å². The number of hydrogen-bond acceptors (Lipinski definition) is 4. The Kier molecular flexibility index (Phi) is 4.33. The second-order valence-electron chi connectivity index (χ2n) is 6.37. The summed E-state index contributed by atoms with van der Waals surface area (Å²) in [6.45, 7) is 3.17. The SMILES string of the molecule is Cc1c(C(=O)NCc2nnc3n2CCCCC3)oc2ccc(Br)cc12. The van der Waals surface area contributed by atoms with E-state index in [4.69, 9.17) is 4.42 Å². The Balaban J connectivity index is 1.53. The molecule has 0 saturated carbocycles. The summed E-state index contributed by atoms with van der Waals surface area (Å²) in [5.74, 6) is 1.95. The quantitative estimate of drug-likeness (QED) is 0.723. The van der Waals surface area contributed by atoms with Crippen molar-refractivity contribution in [3.8, 4) is 0 Å². The second kappa shape index (κ2) is 6.63. The van der Waals surface area contributed by atoms with E-state index in [2.05, 4.69) is 36.0 Å². The molecule has 2 aromatic heterocycles. The molecule has 1 amide bonds. The second-order valence-corrected chi connectivity index (χ2v) is 7.29. The summed E-state index contributed by atoms with van der Waals surface area (Å²) >= 11 is 3.45. The lowest BCUT2D eigenvalue weighted by Gasteiger charge is -2.07. The number of benzene rings is 1. The fraction of sp³-hybridized carbons (Fsp3) is 0.389. The van der Waals surface area contributed by atoms with Crippen LogP contribution >= 0.6 is 15.9 Å². The number of nitrogens with one attached hydrogen (secondary N) is 1. The van der Waals surface area contributed by atoms with Crippen molar-refractivity contribution in [3.63, 3.8) is 0 Å². The summed E-state index contributed by atoms with van der Waals surface area (Å²) in [6, 6.07) is 5.73. The molecule has 3 heterocycles. The molecule has 6 nitrogen and oxygen atoms in total. The molecule has 0 fully saturated rings. The van der Waals surface area contributed by atoms with E-state index in [0.717, 1.165) is 52.9 Å². The van der Waals surface area contributed by atoms with Crippen LogP contribution in [0.15, 0.2) is 27.1 Å². The summed E-state index contributed by atoms with van der Waals surface area (Å²) < 4.78 is 8.84. The number of aryl methyl sites for hydroxylation is 2. The molecule has 1 aliphatic heterocycles. The number of hydrogen-bond donors (Lipinski definition) is 1. The van der Waals surface area contributed by atoms with E-state index in [1.807, 2.05) is 25.1 Å². The molecule has 1 aliphatic rings. The molecule has 0 saturated heterocycles. The minimum atomic E-state index is -0.226. The predicted molar refractivity (Wildman–Crippen MR) is 97.4 cm³/mol. The highest BCUT2D eigenvalue weighted by atomic mass is 79.9. The fourth-order valence-corrected chi connectivity index (χ4v) is 3.69. The van der Waals surface area contributed by atoms with Gasteiger partial charge in [0, 0.05) is 28.4 Å². The molecule has 0 radical (unpaired) electrons. The lowest BCUT2D eigenvalue weighted by molar-refractivity contribution is 0.0923. The fourth-order valence-electron chi connectivity index (χ4n) is 3.33. The maximum Gasteiger partial charge on any atom is 0.287 e. The van der Waals surface area contributed by atoms with E-state index in [1.165, 1.54) is 6.42 Å². The van der Waals surface area contributed by atoms with E-state index in [-0.39, 0.29) is 5.91 Å². The summed E-state index contributed by atoms with van der Waals surface area (Å²) in [5, 5.41) is 12.4. The zero-order valence-corrected chi connectivity index (χ0v) is 15.6. The van der Waals surface area contributed by atoms with Crippen molar-refractivity contribution in [3.05, 3.63) is 45.6 Å². The Morgan fingerprint density at radius 1 is 1.32 bits per heavy atom. The highest BCUT2D eigenvalue weighted by molar-refractivity contribution is 9.10. The highest BCUT2D eigenvalue weighted by Gasteiger charge is 2.19. The van der Waals surface area contributed by atoms with Gasteiger partial charge in [-0.25, -0.2) is 0 Å². The standard InChI is InChI=1S/C18H19BrN4O2/c1-11-13-9-12(19)6-7-14(13)25-17(11)18(24)20-10-16-22-21-15-5-3-2-4-8-23(15)16/h6-7,9H,2-5,8,10H2,1H3,(H,20,24). The van der Waals surface area contributed by atoms with Crippen LogP contribution in [0.25, 0.3) is 11.0 Å². The first-order valence-corrected chi connectivity index (χ1v) is 9.30. The first-order chi connectivity index (χ1) is 12.1. The number of nitrogens with zero attached hydrogens (tertiary/aromatic N) is 3. The van der Waals surface area contributed by atoms with Crippen molar-refractivity contribution in [1.82, 2.24) is 20.1 Å². The smallest absolute Gasteiger partial charge is 0.287 e. The van der Waals surface area contributed by atoms with Gasteiger partial charge in [0.25, 0.3) is 5.91 Å². The molecule has 0 spiro atoms. The van der Waals surface area contributed by atoms with Gasteiger partial charge in [0.05, 0.1) is 6.54 Å². The summed E-state index contributed by atoms with van der Waals surface area (Å²) in [4.78, 5) is 12.6. The molecule has 7 heteroatoms. The first kappa shape index (κ1) is 16.3. The van der Waals surface area contributed by atoms with Crippen molar-refractivity contribution in [2.24, 2.45) is 0 Å². The normalized spacial score (nSPS) is 14.3. The van der Waals surface area contributed by atoms with Crippen LogP contribution in [-0.2, 0) is 19.5 Å². The van der Waals surface area contributed by atoms with Gasteiger partial charge >= 0.3 is 0 Å². The molecule has 0 aliphatic carbocycles. The van der Waals surface area contributed by atoms with Crippen LogP contribution in [0.5, 0.6) is 0 Å². The summed E-state index contributed by atoms with van der Waals surface area (Å²) in [6.07, 6.45) is 4.45. The number of carbonyl (C=O) groups is 1. The number of aromatic nitrogens is 3. The summed E-state index contributed by atoms with van der Waals surface area (Å²) in [7, 11) is 0. The third-order valence-electron chi connectivity index (χ3n) is 4.70. The van der Waals surface area contributed by atoms with Crippen molar-refractivity contribution in [2.75, 3.05) is 0 Å². The average Bonchev–Trinajstić information content (AvgIpc) is 3.04. The Morgan fingerprint density at radius 3 is 3.08 bits per heavy atom. The molecule has 0 atom stereocenters. The molecule has 0 unspecified atom stereocenters. The van der Waals surface area contributed by atoms with Crippen molar-refractivity contribution < 1.29 is 9.21 Å². The van der Waals surface area contributed by atoms with Crippen LogP contribution in [0, 0.1) is 6.92 Å². The van der Waals surface area contributed by atoms with E-state index < -0.39 is 0 Å². The van der Waals surface area contributed by atoms with Crippen molar-refractivity contribution >= 4 is 32.8 Å². The Morgan fingerprint density at radius 2 is 2.20 bits per heavy atom. The monoisotopic (exact) mass is 402 g/mol. The lowest BCUT2D eigenvalue weighted by Crippen LogP contribution is -2.25. The summed E-state index contributed by atoms with van der Waals surface area (Å²) in [5.41, 5.74) is 1.55. The third-order valence-corrected chi connectivity index (χ3v) is 5.19. The zero-order chi connectivity index (χ0) is 17.4. The van der Waals surface area contributed by atoms with Gasteiger partial charge in [-0.05, 0) is 38.0 Å². The molecule has 25 heavy (non-hydrogen) atoms. The number of furan rings is 1. The van der Waals surface area contributed by atoms with E-state index in [1.54, 1.807) is 0 Å². The van der Waals surface area contributed by atoms with Crippen LogP contribution in [-0.4, -0.2) is 20.7 Å². The maximum atomic E-state index is 12.6. The highest BCUT2D eigenvalue weighted by Crippen LogP contribution is 2.28. The van der Waals surface area contributed by atoms with Gasteiger partial charge < -0.3 is 14.3 Å². The number of carbonyl (C=O) groups excluding carboxylic acids is 1. The van der Waals surface area contributed by atoms with Crippen LogP contribution in [0.4, 0.5) is 0 Å². The molecular weight excluding hydrogens is 384 g/mol. The Labute approximate surface area is 153 Å². The van der Waals surface area contributed by atoms with E-state index in [9.17, 15) is 4.79 Å². The predicted octanol–water partition coefficient (Wildman–Crippen LogP) is 3.75. The van der Waals surface area contributed by atoms with Gasteiger partial charge in [-0.15, -0.1) is 10.2 Å². The molecule has 0 bridgehead atoms. The molecule has 1 N–H and O–H groups in total. The first-order valence-electron chi connectivity index (χ1n) is 8.51. The number of halogens is 1. The van der Waals surface area contributed by atoms with Crippen LogP contribution in [0.1, 0.15) is 47.0 Å². The van der Waals surface area contributed by atoms with E-state index in [0.29, 0.717) is 17.9 Å². The van der Waals surface area contributed by atoms with Gasteiger partial charge in [0.1, 0.15) is 11.4 Å². The zero-order valence-electron chi connectivity index (χ0n) is 14.0. The topological polar surface area (TPSA) is 73.0 Å². The van der Waals surface area contributed by atoms with Crippen LogP contribution in [0.3, 0.4) is 0 Å². The van der Waals surface area contributed by atoms with Crippen LogP contribution in [0.2, 0.25) is 0 Å². The molecule has 1 aromatic carbocycles. The van der Waals surface area contributed by atoms with Crippen molar-refractivity contribution in [2.45, 2.75) is 45.7 Å². The van der Waals surface area contributed by atoms with Gasteiger partial charge in [0.15, 0.2) is 11.6 Å². The lowest BCUT2D eigenvalue weighted by atomic mass is 10.1. The van der Waals surface area contributed by atoms with Gasteiger partial charge in [-0.1, -0.05) is 22.4 Å². The number of amides is 1. The van der Waals surface area contributed by atoms with Gasteiger partial charge in [-0.2, -0.15) is 0 Å². The van der Waals surface area contributed by atoms with Gasteiger partial charge in [-0.3, -0.25) is 4.79 Å². The van der Waals surface area contributed by atoms with E-state index >= 15 is 0 Å². The molecule has 130 valence electrons. The largest absolute Gasteiger partial charge is 0.451 e. The molecular formula is C18H19BrN4O2. The van der Waals surface area contributed by atoms with Gasteiger partial charge in [0.2, 0.25) is 0 Å². The molecule has 4 rings (SSSR count). The Hall–Kier alpha value is -2.15. The third kappa shape index (κ3) is 3.08. The minimum absolute atomic E-state index is 0.226. The minimum Gasteiger partial charge on any atom is -0.451 e. The number of fused-ring (bicyclic) bond motifs is 2. The number of rotatable bonds is 3. The van der Waals surface area contributed by atoms with Crippen LogP contribution < -0.4 is 5.32 Å². The average molecular weight is 403 g/mol. The maximum absolute atomic E-state index is 12.6.